The van der Waals surface area contributed by atoms with Gasteiger partial charge in [-0.2, -0.15) is 5.10 Å². The number of pyridine rings is 1. The first-order valence-corrected chi connectivity index (χ1v) is 35.8. The summed E-state index contributed by atoms with van der Waals surface area (Å²) in [6.45, 7) is 7.85. The number of anilines is 3. The third-order valence-electron chi connectivity index (χ3n) is 20.6. The molecule has 0 radical (unpaired) electrons. The van der Waals surface area contributed by atoms with Crippen molar-refractivity contribution in [2.45, 2.75) is 166 Å². The first-order valence-electron chi connectivity index (χ1n) is 35.0. The van der Waals surface area contributed by atoms with E-state index in [2.05, 4.69) is 29.5 Å². The van der Waals surface area contributed by atoms with Gasteiger partial charge in [0, 0.05) is 93.1 Å². The number of ether oxygens (including phenoxy) is 4. The predicted molar refractivity (Wildman–Crippen MR) is 378 cm³/mol. The van der Waals surface area contributed by atoms with Crippen molar-refractivity contribution in [2.24, 2.45) is 16.2 Å². The lowest BCUT2D eigenvalue weighted by atomic mass is 9.39. The quantitative estimate of drug-likeness (QED) is 0.0149. The Morgan fingerprint density at radius 3 is 2.28 bits per heavy atom. The summed E-state index contributed by atoms with van der Waals surface area (Å²) in [4.78, 5) is 128. The molecule has 5 amide bonds. The number of aliphatic carboxylic acids is 2. The fraction of sp³-hybridized carbons (Fsp3) is 0.467. The number of nitrogens with zero attached hydrogens (tertiary/aromatic N) is 7. The zero-order valence-corrected chi connectivity index (χ0v) is 58.8. The number of aliphatic hydroxyl groups is 3. The molecule has 0 spiro atoms. The number of fused-ring (bicyclic) bond motifs is 2. The van der Waals surface area contributed by atoms with Gasteiger partial charge < -0.3 is 64.7 Å². The third-order valence-corrected chi connectivity index (χ3v) is 21.6. The zero-order chi connectivity index (χ0) is 73.8. The van der Waals surface area contributed by atoms with Crippen molar-refractivity contribution in [3.63, 3.8) is 0 Å². The largest absolute Gasteiger partial charge is 0.481 e. The molecule has 29 heteroatoms. The molecule has 2 unspecified atom stereocenters. The number of amides is 5. The summed E-state index contributed by atoms with van der Waals surface area (Å²) in [6.07, 6.45) is 3.99. The van der Waals surface area contributed by atoms with E-state index in [-0.39, 0.29) is 122 Å². The van der Waals surface area contributed by atoms with Crippen LogP contribution in [0.25, 0.3) is 27.4 Å². The molecule has 13 rings (SSSR count). The second-order valence-electron chi connectivity index (χ2n) is 29.1. The number of ketones is 1. The Morgan fingerprint density at radius 1 is 0.779 bits per heavy atom. The molecule has 4 saturated carbocycles. The maximum atomic E-state index is 13.9. The van der Waals surface area contributed by atoms with E-state index in [1.54, 1.807) is 24.4 Å². The van der Waals surface area contributed by atoms with Gasteiger partial charge in [-0.05, 0) is 153 Å². The highest BCUT2D eigenvalue weighted by Gasteiger charge is 2.66. The highest BCUT2D eigenvalue weighted by molar-refractivity contribution is 7.22. The van der Waals surface area contributed by atoms with Crippen molar-refractivity contribution in [1.82, 2.24) is 29.5 Å². The second kappa shape index (κ2) is 30.9. The first-order chi connectivity index (χ1) is 49.7. The number of hydrogen-bond donors (Lipinski definition) is 8. The van der Waals surface area contributed by atoms with Gasteiger partial charge in [-0.3, -0.25) is 43.7 Å². The third kappa shape index (κ3) is 16.7. The Hall–Kier alpha value is -9.78. The van der Waals surface area contributed by atoms with E-state index in [1.807, 2.05) is 59.0 Å². The minimum atomic E-state index is -2.00. The van der Waals surface area contributed by atoms with Crippen LogP contribution in [0.2, 0.25) is 0 Å². The molecule has 3 aromatic heterocycles. The summed E-state index contributed by atoms with van der Waals surface area (Å²) in [7, 11) is 0. The smallest absolute Gasteiger partial charge is 0.410 e. The number of nitrogens with one attached hydrogen (secondary N) is 2. The van der Waals surface area contributed by atoms with Gasteiger partial charge in [-0.15, -0.1) is 0 Å². The number of Topliss-reactive ketones (excluding diaryl/α,β-unsaturated/α-hetero) is 1. The average Bonchev–Trinajstić information content (AvgIpc) is 0.740. The number of benzene rings is 3. The summed E-state index contributed by atoms with van der Waals surface area (Å²) in [6, 6.07) is 21.3. The molecule has 3 aliphatic heterocycles. The van der Waals surface area contributed by atoms with E-state index >= 15 is 0 Å². The number of imide groups is 1. The monoisotopic (exact) mass is 1450 g/mol. The molecule has 4 bridgehead atoms. The summed E-state index contributed by atoms with van der Waals surface area (Å²) >= 11 is 1.40. The van der Waals surface area contributed by atoms with Crippen LogP contribution in [-0.4, -0.2) is 189 Å². The summed E-state index contributed by atoms with van der Waals surface area (Å²) in [5.74, 6) is -5.29. The molecule has 8 N–H and O–H groups in total. The minimum Gasteiger partial charge on any atom is -0.481 e. The van der Waals surface area contributed by atoms with Gasteiger partial charge in [0.1, 0.15) is 42.3 Å². The molecule has 28 nitrogen and oxygen atoms in total. The Balaban J connectivity index is 0.671. The molecular formula is C75H85N9O19S. The van der Waals surface area contributed by atoms with Gasteiger partial charge in [0.15, 0.2) is 16.9 Å². The lowest BCUT2D eigenvalue weighted by molar-refractivity contribution is -0.271. The zero-order valence-electron chi connectivity index (χ0n) is 58.0. The van der Waals surface area contributed by atoms with Gasteiger partial charge in [-0.1, -0.05) is 68.0 Å². The second-order valence-corrected chi connectivity index (χ2v) is 30.1. The molecule has 104 heavy (non-hydrogen) atoms. The van der Waals surface area contributed by atoms with Crippen molar-refractivity contribution < 1.29 is 92.7 Å². The van der Waals surface area contributed by atoms with Crippen LogP contribution in [0.4, 0.5) is 21.4 Å². The maximum Gasteiger partial charge on any atom is 0.410 e. The Morgan fingerprint density at radius 2 is 1.54 bits per heavy atom. The molecule has 7 atom stereocenters. The molecular weight excluding hydrogens is 1360 g/mol. The highest BCUT2D eigenvalue weighted by Crippen LogP contribution is 2.72. The van der Waals surface area contributed by atoms with E-state index in [0.717, 1.165) is 64.0 Å². The number of aromatic carboxylic acids is 1. The van der Waals surface area contributed by atoms with E-state index in [0.29, 0.717) is 84.9 Å². The molecule has 5 fully saturated rings. The lowest BCUT2D eigenvalue weighted by Crippen LogP contribution is -2.64. The number of carboxylic acid groups (broad SMARTS) is 3. The fourth-order valence-electron chi connectivity index (χ4n) is 17.0. The number of aromatic nitrogens is 4. The topological polar surface area (TPSA) is 389 Å². The van der Waals surface area contributed by atoms with Crippen LogP contribution in [-0.2, 0) is 62.5 Å². The Kier molecular flexibility index (Phi) is 22.0. The Bertz CT molecular complexity index is 4330. The minimum absolute atomic E-state index is 0.00269. The summed E-state index contributed by atoms with van der Waals surface area (Å²) in [5, 5.41) is 72.8. The number of carbonyl (C=O) groups excluding carboxylic acids is 6. The van der Waals surface area contributed by atoms with E-state index < -0.39 is 66.2 Å². The molecule has 7 aliphatic rings. The SMILES string of the molecule is Cc1c(-c2ccc(N3CCc4cccc(C(=O)Nc5nc6ccccc6s5)c4C3)nc2C(=O)O)cnn1CC12CC3(C)CC(C)(C1)CC(OCCN(CCC(=O)O)C(=O)OC/C=C/c1ccc(O[C@@H]4O[C@H](C(=O)O)[C@@H](O)[C@H](O)[C@H]4O)c(NC(=O)CCCC(=O)CCCCCN4C(=O)C=CC4=O)c1)(C3)C2. The van der Waals surface area contributed by atoms with Crippen LogP contribution >= 0.6 is 11.3 Å². The van der Waals surface area contributed by atoms with Crippen LogP contribution in [0, 0.1) is 23.2 Å². The van der Waals surface area contributed by atoms with Crippen molar-refractivity contribution in [3.8, 4) is 16.9 Å². The van der Waals surface area contributed by atoms with Crippen LogP contribution < -0.4 is 20.3 Å². The van der Waals surface area contributed by atoms with Crippen LogP contribution in [0.1, 0.15) is 147 Å². The lowest BCUT2D eigenvalue weighted by Gasteiger charge is -2.69. The van der Waals surface area contributed by atoms with Crippen molar-refractivity contribution in [2.75, 3.05) is 54.9 Å². The molecule has 550 valence electrons. The molecule has 3 aromatic carbocycles. The average molecular weight is 1450 g/mol. The summed E-state index contributed by atoms with van der Waals surface area (Å²) < 4.78 is 26.8. The van der Waals surface area contributed by atoms with Gasteiger partial charge in [0.25, 0.3) is 17.7 Å². The molecule has 6 aromatic rings. The fourth-order valence-corrected chi connectivity index (χ4v) is 17.9. The number of carbonyl (C=O) groups is 9. The maximum absolute atomic E-state index is 13.9. The van der Waals surface area contributed by atoms with Crippen molar-refractivity contribution in [1.29, 1.82) is 0 Å². The molecule has 6 heterocycles. The van der Waals surface area contributed by atoms with Gasteiger partial charge in [0.2, 0.25) is 12.2 Å². The normalized spacial score (nSPS) is 24.6. The number of carboxylic acids is 3. The molecule has 4 aliphatic carbocycles. The Labute approximate surface area is 602 Å². The van der Waals surface area contributed by atoms with Crippen molar-refractivity contribution >= 4 is 97.7 Å². The van der Waals surface area contributed by atoms with Crippen LogP contribution in [0.3, 0.4) is 0 Å². The van der Waals surface area contributed by atoms with Gasteiger partial charge in [-0.25, -0.2) is 24.4 Å². The summed E-state index contributed by atoms with van der Waals surface area (Å²) in [5.41, 5.74) is 4.23. The first kappa shape index (κ1) is 74.0. The predicted octanol–water partition coefficient (Wildman–Crippen LogP) is 8.57. The van der Waals surface area contributed by atoms with E-state index in [1.165, 1.54) is 52.7 Å². The highest BCUT2D eigenvalue weighted by atomic mass is 32.1. The standard InChI is InChI=1S/C75H85N9O19S/c1-44-50(48-21-23-56(79-61(48)67(95)96)82-29-26-46-13-9-16-49(51(46)36-82)66(94)80-70-78-52-17-6-7-18-55(52)104-70)35-76-84(44)43-74-38-72(2)37-73(3,39-74)41-75(40-72,42-74)101-33-31-81(30-27-60(89)90)71(99)100-32-11-12-45-20-22-54(102-69-64(93)62(91)63(92)65(103-69)68(97)98)53(34-45)77-57(86)19-10-15-47(85)14-5-4-8-28-83-58(87)24-25-59(83)88/h6-7,9,11-13,16-18,20-25,34-35,62-65,69,91-93H,4-5,8,10,14-15,19,26-33,36-43H2,1-3H3,(H,77,86)(H,89,90)(H,95,96)(H,97,98)(H,78,80,94)/b12-11+/t62-,63-,64+,65-,69+,72?,73?,74?,75?/m0/s1. The number of unbranched alkanes of at least 4 members (excludes halogenated alkanes) is 2. The van der Waals surface area contributed by atoms with E-state index in [9.17, 15) is 73.8 Å². The number of para-hydroxylation sites is 1. The van der Waals surface area contributed by atoms with Gasteiger partial charge in [0.05, 0.1) is 40.7 Å². The van der Waals surface area contributed by atoms with E-state index in [4.69, 9.17) is 29.0 Å². The van der Waals surface area contributed by atoms with Crippen molar-refractivity contribution in [3.05, 3.63) is 131 Å². The van der Waals surface area contributed by atoms with Crippen LogP contribution in [0.15, 0.2) is 97.2 Å². The number of thiazole rings is 1. The van der Waals surface area contributed by atoms with Gasteiger partial charge >= 0.3 is 24.0 Å². The molecule has 1 saturated heterocycles. The van der Waals surface area contributed by atoms with Crippen LogP contribution in [0.5, 0.6) is 5.75 Å². The number of aliphatic hydroxyl groups excluding tert-OH is 3. The number of hydrogen-bond acceptors (Lipinski definition) is 21. The number of rotatable bonds is 31.